The zero-order chi connectivity index (χ0) is 17.9. The first-order valence-electron chi connectivity index (χ1n) is 8.23. The predicted octanol–water partition coefficient (Wildman–Crippen LogP) is 4.66. The van der Waals surface area contributed by atoms with E-state index < -0.39 is 0 Å². The molecular weight excluding hydrogens is 327 g/mol. The minimum atomic E-state index is -0.315. The Labute approximate surface area is 150 Å². The van der Waals surface area contributed by atoms with Gasteiger partial charge in [-0.05, 0) is 35.9 Å². The van der Waals surface area contributed by atoms with Crippen LogP contribution in [-0.2, 0) is 4.79 Å². The number of carbonyl (C=O) groups is 1. The lowest BCUT2D eigenvalue weighted by molar-refractivity contribution is -0.113. The Kier molecular flexibility index (Phi) is 4.15. The van der Waals surface area contributed by atoms with Crippen LogP contribution in [0.4, 0.5) is 10.1 Å². The van der Waals surface area contributed by atoms with E-state index in [1.165, 1.54) is 12.1 Å². The van der Waals surface area contributed by atoms with Crippen LogP contribution in [0.25, 0.3) is 6.08 Å². The van der Waals surface area contributed by atoms with E-state index in [9.17, 15) is 9.18 Å². The minimum Gasteiger partial charge on any atom is -0.266 e. The van der Waals surface area contributed by atoms with E-state index in [-0.39, 0.29) is 11.7 Å². The van der Waals surface area contributed by atoms with Crippen molar-refractivity contribution in [1.82, 2.24) is 0 Å². The largest absolute Gasteiger partial charge is 0.282 e. The van der Waals surface area contributed by atoms with Gasteiger partial charge in [-0.3, -0.25) is 9.69 Å². The van der Waals surface area contributed by atoms with Gasteiger partial charge in [0.05, 0.1) is 5.69 Å². The highest BCUT2D eigenvalue weighted by molar-refractivity contribution is 6.33. The van der Waals surface area contributed by atoms with Crippen LogP contribution in [0.1, 0.15) is 11.1 Å². The van der Waals surface area contributed by atoms with Gasteiger partial charge in [-0.25, -0.2) is 9.38 Å². The number of nitrogens with zero attached hydrogens (tertiary/aromatic N) is 2. The topological polar surface area (TPSA) is 32.7 Å². The fourth-order valence-electron chi connectivity index (χ4n) is 2.83. The molecule has 1 aliphatic rings. The number of carbonyl (C=O) groups excluding carboxylic acids is 1. The number of aliphatic imine (C=N–C) groups is 1. The van der Waals surface area contributed by atoms with E-state index in [2.05, 4.69) is 4.99 Å². The Balaban J connectivity index is 1.81. The number of halogens is 1. The highest BCUT2D eigenvalue weighted by Gasteiger charge is 2.32. The maximum absolute atomic E-state index is 13.1. The van der Waals surface area contributed by atoms with E-state index in [1.54, 1.807) is 23.1 Å². The van der Waals surface area contributed by atoms with E-state index in [0.29, 0.717) is 11.5 Å². The summed E-state index contributed by atoms with van der Waals surface area (Å²) in [7, 11) is 0. The summed E-state index contributed by atoms with van der Waals surface area (Å²) < 4.78 is 13.1. The summed E-state index contributed by atoms with van der Waals surface area (Å²) in [5.41, 5.74) is 2.65. The maximum atomic E-state index is 13.1. The molecule has 0 radical (unpaired) electrons. The summed E-state index contributed by atoms with van der Waals surface area (Å²) in [6.07, 6.45) is 1.67. The molecule has 0 aromatic heterocycles. The molecule has 1 aliphatic heterocycles. The highest BCUT2D eigenvalue weighted by atomic mass is 19.1. The molecule has 3 aromatic carbocycles. The average Bonchev–Trinajstić information content (AvgIpc) is 3.01. The normalized spacial score (nSPS) is 15.4. The molecule has 0 aliphatic carbocycles. The number of amidine groups is 1. The Bertz CT molecular complexity index is 993. The summed E-state index contributed by atoms with van der Waals surface area (Å²) in [5, 5.41) is 0. The Morgan fingerprint density at radius 2 is 1.42 bits per heavy atom. The second-order valence-corrected chi connectivity index (χ2v) is 5.86. The van der Waals surface area contributed by atoms with Crippen LogP contribution in [0.15, 0.2) is 95.6 Å². The number of hydrogen-bond donors (Lipinski definition) is 0. The second kappa shape index (κ2) is 6.76. The van der Waals surface area contributed by atoms with Crippen LogP contribution in [0, 0.1) is 5.82 Å². The van der Waals surface area contributed by atoms with Gasteiger partial charge in [0.1, 0.15) is 17.3 Å². The molecule has 4 heteroatoms. The van der Waals surface area contributed by atoms with E-state index in [0.717, 1.165) is 16.8 Å². The molecule has 0 fully saturated rings. The van der Waals surface area contributed by atoms with Crippen LogP contribution >= 0.6 is 0 Å². The number of benzene rings is 3. The molecule has 0 spiro atoms. The van der Waals surface area contributed by atoms with Crippen molar-refractivity contribution in [2.45, 2.75) is 0 Å². The van der Waals surface area contributed by atoms with Crippen molar-refractivity contribution < 1.29 is 9.18 Å². The molecular formula is C22H15FN2O. The molecule has 0 N–H and O–H groups in total. The van der Waals surface area contributed by atoms with Gasteiger partial charge < -0.3 is 0 Å². The molecule has 1 amide bonds. The first-order chi connectivity index (χ1) is 12.7. The van der Waals surface area contributed by atoms with Gasteiger partial charge in [0.2, 0.25) is 0 Å². The van der Waals surface area contributed by atoms with Gasteiger partial charge in [-0.2, -0.15) is 0 Å². The van der Waals surface area contributed by atoms with E-state index in [1.807, 2.05) is 60.7 Å². The monoisotopic (exact) mass is 342 g/mol. The molecule has 0 saturated carbocycles. The van der Waals surface area contributed by atoms with E-state index >= 15 is 0 Å². The Morgan fingerprint density at radius 1 is 0.808 bits per heavy atom. The summed E-state index contributed by atoms with van der Waals surface area (Å²) in [6, 6.07) is 25.0. The molecule has 0 unspecified atom stereocenters. The van der Waals surface area contributed by atoms with Crippen LogP contribution in [0.3, 0.4) is 0 Å². The average molecular weight is 342 g/mol. The third kappa shape index (κ3) is 3.05. The SMILES string of the molecule is O=C1/C(=C\c2ccc(F)cc2)N=C(c2ccccc2)N1c1ccccc1. The van der Waals surface area contributed by atoms with E-state index in [4.69, 9.17) is 0 Å². The summed E-state index contributed by atoms with van der Waals surface area (Å²) in [5.74, 6) is 0.0545. The minimum absolute atomic E-state index is 0.209. The van der Waals surface area contributed by atoms with Crippen LogP contribution in [-0.4, -0.2) is 11.7 Å². The Morgan fingerprint density at radius 3 is 2.08 bits per heavy atom. The highest BCUT2D eigenvalue weighted by Crippen LogP contribution is 2.27. The van der Waals surface area contributed by atoms with Gasteiger partial charge in [0.15, 0.2) is 0 Å². The van der Waals surface area contributed by atoms with Crippen LogP contribution < -0.4 is 4.90 Å². The summed E-state index contributed by atoms with van der Waals surface area (Å²) in [6.45, 7) is 0. The third-order valence-corrected chi connectivity index (χ3v) is 4.08. The van der Waals surface area contributed by atoms with Crippen molar-refractivity contribution in [3.63, 3.8) is 0 Å². The molecule has 126 valence electrons. The Hall–Kier alpha value is -3.53. The van der Waals surface area contributed by atoms with Gasteiger partial charge >= 0.3 is 0 Å². The zero-order valence-electron chi connectivity index (χ0n) is 13.8. The molecule has 1 heterocycles. The molecule has 0 atom stereocenters. The maximum Gasteiger partial charge on any atom is 0.282 e. The van der Waals surface area contributed by atoms with Gasteiger partial charge in [-0.15, -0.1) is 0 Å². The quantitative estimate of drug-likeness (QED) is 0.637. The standard InChI is InChI=1S/C22H15FN2O/c23-18-13-11-16(12-14-18)15-20-22(26)25(19-9-5-2-6-10-19)21(24-20)17-7-3-1-4-8-17/h1-15H/b20-15+. The van der Waals surface area contributed by atoms with Crippen molar-refractivity contribution in [3.8, 4) is 0 Å². The number of amides is 1. The lowest BCUT2D eigenvalue weighted by Crippen LogP contribution is -2.32. The number of hydrogen-bond acceptors (Lipinski definition) is 2. The van der Waals surface area contributed by atoms with Crippen molar-refractivity contribution in [3.05, 3.63) is 108 Å². The molecule has 26 heavy (non-hydrogen) atoms. The summed E-state index contributed by atoms with van der Waals surface area (Å²) in [4.78, 5) is 19.2. The first-order valence-corrected chi connectivity index (χ1v) is 8.23. The molecule has 3 nitrogen and oxygen atoms in total. The molecule has 4 rings (SSSR count). The molecule has 0 saturated heterocycles. The van der Waals surface area contributed by atoms with Crippen LogP contribution in [0.2, 0.25) is 0 Å². The number of para-hydroxylation sites is 1. The lowest BCUT2D eigenvalue weighted by atomic mass is 10.1. The predicted molar refractivity (Wildman–Crippen MR) is 101 cm³/mol. The van der Waals surface area contributed by atoms with Crippen molar-refractivity contribution in [2.75, 3.05) is 4.90 Å². The first kappa shape index (κ1) is 16.0. The van der Waals surface area contributed by atoms with Crippen molar-refractivity contribution in [1.29, 1.82) is 0 Å². The fraction of sp³-hybridized carbons (Fsp3) is 0. The summed E-state index contributed by atoms with van der Waals surface area (Å²) >= 11 is 0. The molecule has 0 bridgehead atoms. The number of anilines is 1. The van der Waals surface area contributed by atoms with Gasteiger partial charge in [0, 0.05) is 5.56 Å². The lowest BCUT2D eigenvalue weighted by Gasteiger charge is -2.18. The third-order valence-electron chi connectivity index (χ3n) is 4.08. The van der Waals surface area contributed by atoms with Crippen molar-refractivity contribution in [2.24, 2.45) is 4.99 Å². The fourth-order valence-corrected chi connectivity index (χ4v) is 2.83. The number of rotatable bonds is 3. The van der Waals surface area contributed by atoms with Gasteiger partial charge in [0.25, 0.3) is 5.91 Å². The molecule has 3 aromatic rings. The zero-order valence-corrected chi connectivity index (χ0v) is 13.8. The van der Waals surface area contributed by atoms with Crippen LogP contribution in [0.5, 0.6) is 0 Å². The van der Waals surface area contributed by atoms with Gasteiger partial charge in [-0.1, -0.05) is 60.7 Å². The van der Waals surface area contributed by atoms with Crippen molar-refractivity contribution >= 4 is 23.5 Å². The smallest absolute Gasteiger partial charge is 0.266 e. The second-order valence-electron chi connectivity index (χ2n) is 5.86.